The van der Waals surface area contributed by atoms with Crippen molar-refractivity contribution in [2.24, 2.45) is 0 Å². The van der Waals surface area contributed by atoms with Gasteiger partial charge in [-0.25, -0.2) is 4.98 Å². The Labute approximate surface area is 156 Å². The molecule has 1 aliphatic rings. The normalized spacial score (nSPS) is 16.2. The van der Waals surface area contributed by atoms with E-state index >= 15 is 0 Å². The standard InChI is InChI=1S/C18H23N5O2S/c1-23(2)10-9-20-17(25)18-22-14-4-3-13(11-15(14)26-18)21-16(24)12-5-7-19-8-6-12/h5-8,13H,3-4,9-11H2,1-2H3,(H,20,25)(H,21,24)/t13-/m1/s1. The van der Waals surface area contributed by atoms with Crippen molar-refractivity contribution in [2.75, 3.05) is 27.2 Å². The molecule has 2 aromatic rings. The highest BCUT2D eigenvalue weighted by Gasteiger charge is 2.25. The quantitative estimate of drug-likeness (QED) is 0.792. The number of thiazole rings is 1. The molecule has 3 rings (SSSR count). The summed E-state index contributed by atoms with van der Waals surface area (Å²) in [6, 6.07) is 3.46. The van der Waals surface area contributed by atoms with Crippen molar-refractivity contribution in [2.45, 2.75) is 25.3 Å². The topological polar surface area (TPSA) is 87.2 Å². The Morgan fingerprint density at radius 3 is 2.77 bits per heavy atom. The van der Waals surface area contributed by atoms with Gasteiger partial charge in [-0.2, -0.15) is 0 Å². The summed E-state index contributed by atoms with van der Waals surface area (Å²) in [4.78, 5) is 36.1. The largest absolute Gasteiger partial charge is 0.349 e. The van der Waals surface area contributed by atoms with Crippen LogP contribution in [0.2, 0.25) is 0 Å². The van der Waals surface area contributed by atoms with Crippen LogP contribution in [0.1, 0.15) is 37.2 Å². The van der Waals surface area contributed by atoms with Crippen molar-refractivity contribution in [1.82, 2.24) is 25.5 Å². The lowest BCUT2D eigenvalue weighted by Gasteiger charge is -2.22. The van der Waals surface area contributed by atoms with Gasteiger partial charge in [-0.15, -0.1) is 11.3 Å². The number of likely N-dealkylation sites (N-methyl/N-ethyl adjacent to an activating group) is 1. The van der Waals surface area contributed by atoms with Crippen LogP contribution in [-0.2, 0) is 12.8 Å². The molecule has 2 N–H and O–H groups in total. The van der Waals surface area contributed by atoms with E-state index in [1.54, 1.807) is 24.5 Å². The fraction of sp³-hybridized carbons (Fsp3) is 0.444. The van der Waals surface area contributed by atoms with Gasteiger partial charge in [-0.05, 0) is 39.1 Å². The summed E-state index contributed by atoms with van der Waals surface area (Å²) in [5.74, 6) is -0.212. The number of fused-ring (bicyclic) bond motifs is 1. The summed E-state index contributed by atoms with van der Waals surface area (Å²) < 4.78 is 0. The van der Waals surface area contributed by atoms with Crippen molar-refractivity contribution in [1.29, 1.82) is 0 Å². The fourth-order valence-electron chi connectivity index (χ4n) is 2.84. The minimum Gasteiger partial charge on any atom is -0.349 e. The summed E-state index contributed by atoms with van der Waals surface area (Å²) in [6.07, 6.45) is 5.54. The molecule has 8 heteroatoms. The highest BCUT2D eigenvalue weighted by Crippen LogP contribution is 2.27. The van der Waals surface area contributed by atoms with Crippen molar-refractivity contribution in [3.05, 3.63) is 45.7 Å². The smallest absolute Gasteiger partial charge is 0.280 e. The third-order valence-corrected chi connectivity index (χ3v) is 5.37. The minimum atomic E-state index is -0.122. The third kappa shape index (κ3) is 4.64. The maximum atomic E-state index is 12.3. The van der Waals surface area contributed by atoms with Gasteiger partial charge < -0.3 is 15.5 Å². The molecule has 2 heterocycles. The van der Waals surface area contributed by atoms with Crippen LogP contribution in [0.5, 0.6) is 0 Å². The lowest BCUT2D eigenvalue weighted by molar-refractivity contribution is 0.0931. The molecule has 0 saturated carbocycles. The number of carbonyl (C=O) groups excluding carboxylic acids is 2. The number of aromatic nitrogens is 2. The van der Waals surface area contributed by atoms with E-state index in [2.05, 4.69) is 20.6 Å². The Kier molecular flexibility index (Phi) is 5.95. The molecule has 0 bridgehead atoms. The van der Waals surface area contributed by atoms with Crippen LogP contribution in [0.3, 0.4) is 0 Å². The molecule has 0 aliphatic heterocycles. The first-order valence-electron chi connectivity index (χ1n) is 8.65. The molecule has 0 saturated heterocycles. The van der Waals surface area contributed by atoms with Gasteiger partial charge in [0.15, 0.2) is 5.01 Å². The molecule has 1 aliphatic carbocycles. The molecule has 0 radical (unpaired) electrons. The van der Waals surface area contributed by atoms with Crippen LogP contribution in [0.25, 0.3) is 0 Å². The molecular weight excluding hydrogens is 350 g/mol. The van der Waals surface area contributed by atoms with Crippen LogP contribution < -0.4 is 10.6 Å². The molecule has 138 valence electrons. The Balaban J connectivity index is 1.58. The van der Waals surface area contributed by atoms with Crippen molar-refractivity contribution >= 4 is 23.2 Å². The minimum absolute atomic E-state index is 0.0632. The summed E-state index contributed by atoms with van der Waals surface area (Å²) in [5.41, 5.74) is 1.60. The van der Waals surface area contributed by atoms with Crippen LogP contribution in [-0.4, -0.2) is 59.9 Å². The first-order valence-corrected chi connectivity index (χ1v) is 9.47. The highest BCUT2D eigenvalue weighted by molar-refractivity contribution is 7.13. The van der Waals surface area contributed by atoms with E-state index in [-0.39, 0.29) is 17.9 Å². The second kappa shape index (κ2) is 8.37. The van der Waals surface area contributed by atoms with Gasteiger partial charge in [0.25, 0.3) is 11.8 Å². The van der Waals surface area contributed by atoms with Crippen LogP contribution in [0, 0.1) is 0 Å². The summed E-state index contributed by atoms with van der Waals surface area (Å²) >= 11 is 1.43. The predicted octanol–water partition coefficient (Wildman–Crippen LogP) is 1.12. The van der Waals surface area contributed by atoms with Gasteiger partial charge >= 0.3 is 0 Å². The monoisotopic (exact) mass is 373 g/mol. The lowest BCUT2D eigenvalue weighted by Crippen LogP contribution is -2.38. The average molecular weight is 373 g/mol. The predicted molar refractivity (Wildman–Crippen MR) is 101 cm³/mol. The number of nitrogens with zero attached hydrogens (tertiary/aromatic N) is 3. The van der Waals surface area contributed by atoms with E-state index in [4.69, 9.17) is 0 Å². The van der Waals surface area contributed by atoms with Gasteiger partial charge in [-0.3, -0.25) is 14.6 Å². The highest BCUT2D eigenvalue weighted by atomic mass is 32.1. The van der Waals surface area contributed by atoms with E-state index in [1.807, 2.05) is 19.0 Å². The summed E-state index contributed by atoms with van der Waals surface area (Å²) in [5, 5.41) is 6.47. The molecule has 0 unspecified atom stereocenters. The zero-order chi connectivity index (χ0) is 18.5. The number of nitrogens with one attached hydrogen (secondary N) is 2. The fourth-order valence-corrected chi connectivity index (χ4v) is 3.94. The SMILES string of the molecule is CN(C)CCNC(=O)c1nc2c(s1)C[C@H](NC(=O)c1ccncc1)CC2. The van der Waals surface area contributed by atoms with Crippen LogP contribution in [0.4, 0.5) is 0 Å². The van der Waals surface area contributed by atoms with Gasteiger partial charge in [0, 0.05) is 48.4 Å². The van der Waals surface area contributed by atoms with Gasteiger partial charge in [0.05, 0.1) is 5.69 Å². The number of carbonyl (C=O) groups is 2. The number of hydrogen-bond donors (Lipinski definition) is 2. The van der Waals surface area contributed by atoms with Gasteiger partial charge in [0.2, 0.25) is 0 Å². The van der Waals surface area contributed by atoms with Gasteiger partial charge in [0.1, 0.15) is 0 Å². The Morgan fingerprint density at radius 2 is 2.04 bits per heavy atom. The number of aryl methyl sites for hydroxylation is 1. The van der Waals surface area contributed by atoms with Crippen molar-refractivity contribution < 1.29 is 9.59 Å². The summed E-state index contributed by atoms with van der Waals surface area (Å²) in [7, 11) is 3.93. The van der Waals surface area contributed by atoms with E-state index < -0.39 is 0 Å². The Hall–Kier alpha value is -2.32. The molecule has 26 heavy (non-hydrogen) atoms. The number of hydrogen-bond acceptors (Lipinski definition) is 6. The second-order valence-corrected chi connectivity index (χ2v) is 7.68. The van der Waals surface area contributed by atoms with E-state index in [0.717, 1.165) is 36.4 Å². The zero-order valence-electron chi connectivity index (χ0n) is 15.0. The van der Waals surface area contributed by atoms with E-state index in [0.29, 0.717) is 17.1 Å². The van der Waals surface area contributed by atoms with Gasteiger partial charge in [-0.1, -0.05) is 0 Å². The first-order chi connectivity index (χ1) is 12.5. The molecule has 2 aromatic heterocycles. The lowest BCUT2D eigenvalue weighted by atomic mass is 9.97. The van der Waals surface area contributed by atoms with E-state index in [1.165, 1.54) is 11.3 Å². The second-order valence-electron chi connectivity index (χ2n) is 6.60. The van der Waals surface area contributed by atoms with E-state index in [9.17, 15) is 9.59 Å². The first kappa shape index (κ1) is 18.5. The molecule has 0 fully saturated rings. The zero-order valence-corrected chi connectivity index (χ0v) is 15.8. The van der Waals surface area contributed by atoms with Crippen molar-refractivity contribution in [3.8, 4) is 0 Å². The molecular formula is C18H23N5O2S. The summed E-state index contributed by atoms with van der Waals surface area (Å²) in [6.45, 7) is 1.39. The maximum Gasteiger partial charge on any atom is 0.280 e. The van der Waals surface area contributed by atoms with Crippen LogP contribution >= 0.6 is 11.3 Å². The third-order valence-electron chi connectivity index (χ3n) is 4.26. The number of rotatable bonds is 6. The van der Waals surface area contributed by atoms with Crippen molar-refractivity contribution in [3.63, 3.8) is 0 Å². The van der Waals surface area contributed by atoms with Crippen LogP contribution in [0.15, 0.2) is 24.5 Å². The number of amides is 2. The molecule has 1 atom stereocenters. The molecule has 7 nitrogen and oxygen atoms in total. The number of pyridine rings is 1. The average Bonchev–Trinajstić information content (AvgIpc) is 3.05. The maximum absolute atomic E-state index is 12.3. The Bertz CT molecular complexity index is 775. The molecule has 0 aromatic carbocycles. The molecule has 2 amide bonds. The Morgan fingerprint density at radius 1 is 1.27 bits per heavy atom. The molecule has 0 spiro atoms.